The van der Waals surface area contributed by atoms with E-state index in [0.29, 0.717) is 12.8 Å². The number of aromatic nitrogens is 1. The first-order valence-electron chi connectivity index (χ1n) is 5.16. The van der Waals surface area contributed by atoms with Crippen LogP contribution < -0.4 is 0 Å². The van der Waals surface area contributed by atoms with Gasteiger partial charge in [-0.1, -0.05) is 6.07 Å². The quantitative estimate of drug-likeness (QED) is 0.804. The topological polar surface area (TPSA) is 42.4 Å². The average Bonchev–Trinajstić information content (AvgIpc) is 2.18. The second-order valence-electron chi connectivity index (χ2n) is 4.35. The Morgan fingerprint density at radius 3 is 2.73 bits per heavy atom. The minimum Gasteiger partial charge on any atom is -0.393 e. The lowest BCUT2D eigenvalue weighted by Gasteiger charge is -2.25. The molecule has 0 radical (unpaired) electrons. The zero-order valence-corrected chi connectivity index (χ0v) is 9.60. The van der Waals surface area contributed by atoms with E-state index in [1.807, 2.05) is 32.0 Å². The van der Waals surface area contributed by atoms with E-state index in [1.165, 1.54) is 0 Å². The van der Waals surface area contributed by atoms with Crippen LogP contribution >= 0.6 is 0 Å². The zero-order chi connectivity index (χ0) is 11.3. The molecular formula is C12H19NO2. The zero-order valence-electron chi connectivity index (χ0n) is 9.60. The van der Waals surface area contributed by atoms with Gasteiger partial charge >= 0.3 is 0 Å². The normalized spacial score (nSPS) is 13.9. The lowest BCUT2D eigenvalue weighted by Crippen LogP contribution is -2.29. The van der Waals surface area contributed by atoms with Gasteiger partial charge in [0.25, 0.3) is 0 Å². The molecular weight excluding hydrogens is 190 g/mol. The summed E-state index contributed by atoms with van der Waals surface area (Å²) < 4.78 is 5.27. The summed E-state index contributed by atoms with van der Waals surface area (Å²) in [5.74, 6) is 0. The Balaban J connectivity index is 2.46. The van der Waals surface area contributed by atoms with E-state index in [4.69, 9.17) is 4.74 Å². The molecule has 0 aliphatic rings. The summed E-state index contributed by atoms with van der Waals surface area (Å²) in [5, 5.41) is 9.85. The van der Waals surface area contributed by atoms with Gasteiger partial charge in [-0.15, -0.1) is 0 Å². The van der Waals surface area contributed by atoms with Crippen molar-refractivity contribution in [1.29, 1.82) is 0 Å². The van der Waals surface area contributed by atoms with Crippen molar-refractivity contribution in [3.8, 4) is 0 Å². The van der Waals surface area contributed by atoms with Crippen molar-refractivity contribution in [1.82, 2.24) is 4.98 Å². The molecule has 0 aliphatic heterocycles. The molecule has 3 heteroatoms. The summed E-state index contributed by atoms with van der Waals surface area (Å²) in [4.78, 5) is 4.17. The summed E-state index contributed by atoms with van der Waals surface area (Å²) >= 11 is 0. The maximum Gasteiger partial charge on any atom is 0.0647 e. The summed E-state index contributed by atoms with van der Waals surface area (Å²) in [6.07, 6.45) is 2.52. The summed E-state index contributed by atoms with van der Waals surface area (Å²) in [7, 11) is 1.66. The molecule has 1 rings (SSSR count). The van der Waals surface area contributed by atoms with Crippen molar-refractivity contribution in [2.75, 3.05) is 7.11 Å². The summed E-state index contributed by atoms with van der Waals surface area (Å²) in [6, 6.07) is 5.72. The predicted octanol–water partition coefficient (Wildman–Crippen LogP) is 1.80. The van der Waals surface area contributed by atoms with Crippen LogP contribution in [0.3, 0.4) is 0 Å². The first-order chi connectivity index (χ1) is 7.03. The lowest BCUT2D eigenvalue weighted by molar-refractivity contribution is -0.0192. The van der Waals surface area contributed by atoms with Crippen LogP contribution in [-0.4, -0.2) is 28.9 Å². The molecule has 0 saturated carbocycles. The Bertz CT molecular complexity index is 285. The van der Waals surface area contributed by atoms with E-state index in [9.17, 15) is 5.11 Å². The maximum atomic E-state index is 9.85. The number of nitrogens with zero attached hydrogens (tertiary/aromatic N) is 1. The molecule has 0 aromatic carbocycles. The number of pyridine rings is 1. The molecule has 0 spiro atoms. The highest BCUT2D eigenvalue weighted by atomic mass is 16.5. The van der Waals surface area contributed by atoms with Gasteiger partial charge in [-0.05, 0) is 26.0 Å². The molecule has 0 bridgehead atoms. The monoisotopic (exact) mass is 209 g/mol. The molecule has 1 atom stereocenters. The van der Waals surface area contributed by atoms with Crippen molar-refractivity contribution < 1.29 is 9.84 Å². The summed E-state index contributed by atoms with van der Waals surface area (Å²) in [5.41, 5.74) is 0.630. The Morgan fingerprint density at radius 1 is 1.47 bits per heavy atom. The molecule has 1 aromatic heterocycles. The molecule has 1 heterocycles. The van der Waals surface area contributed by atoms with Crippen LogP contribution in [0.5, 0.6) is 0 Å². The van der Waals surface area contributed by atoms with E-state index in [0.717, 1.165) is 5.69 Å². The van der Waals surface area contributed by atoms with Crippen molar-refractivity contribution in [2.24, 2.45) is 0 Å². The third-order valence-electron chi connectivity index (χ3n) is 2.45. The maximum absolute atomic E-state index is 9.85. The van der Waals surface area contributed by atoms with Gasteiger partial charge in [-0.2, -0.15) is 0 Å². The molecule has 0 fully saturated rings. The van der Waals surface area contributed by atoms with Crippen LogP contribution in [0.15, 0.2) is 24.4 Å². The third-order valence-corrected chi connectivity index (χ3v) is 2.45. The fourth-order valence-electron chi connectivity index (χ4n) is 1.48. The highest BCUT2D eigenvalue weighted by Gasteiger charge is 2.21. The summed E-state index contributed by atoms with van der Waals surface area (Å²) in [6.45, 7) is 3.93. The minimum absolute atomic E-state index is 0.284. The molecule has 0 saturated heterocycles. The van der Waals surface area contributed by atoms with Gasteiger partial charge in [0.2, 0.25) is 0 Å². The van der Waals surface area contributed by atoms with Crippen LogP contribution in [-0.2, 0) is 11.2 Å². The second-order valence-corrected chi connectivity index (χ2v) is 4.35. The molecule has 3 nitrogen and oxygen atoms in total. The second kappa shape index (κ2) is 5.24. The predicted molar refractivity (Wildman–Crippen MR) is 59.7 cm³/mol. The number of methoxy groups -OCH3 is 1. The number of ether oxygens (including phenoxy) is 1. The van der Waals surface area contributed by atoms with Crippen LogP contribution in [0, 0.1) is 0 Å². The molecule has 1 unspecified atom stereocenters. The molecule has 84 valence electrons. The van der Waals surface area contributed by atoms with Crippen LogP contribution in [0.2, 0.25) is 0 Å². The number of aliphatic hydroxyl groups is 1. The van der Waals surface area contributed by atoms with Crippen molar-refractivity contribution >= 4 is 0 Å². The molecule has 1 N–H and O–H groups in total. The van der Waals surface area contributed by atoms with Crippen molar-refractivity contribution in [3.05, 3.63) is 30.1 Å². The molecule has 1 aromatic rings. The first-order valence-corrected chi connectivity index (χ1v) is 5.16. The Morgan fingerprint density at radius 2 is 2.20 bits per heavy atom. The highest BCUT2D eigenvalue weighted by molar-refractivity contribution is 5.04. The highest BCUT2D eigenvalue weighted by Crippen LogP contribution is 2.17. The van der Waals surface area contributed by atoms with Gasteiger partial charge in [-0.3, -0.25) is 4.98 Å². The molecule has 0 aliphatic carbocycles. The van der Waals surface area contributed by atoms with Gasteiger partial charge in [0, 0.05) is 31.8 Å². The van der Waals surface area contributed by atoms with E-state index < -0.39 is 6.10 Å². The van der Waals surface area contributed by atoms with E-state index >= 15 is 0 Å². The minimum atomic E-state index is -0.408. The third kappa shape index (κ3) is 4.40. The molecule has 15 heavy (non-hydrogen) atoms. The SMILES string of the molecule is COC(C)(C)CC(O)Cc1ccccn1. The average molecular weight is 209 g/mol. The Hall–Kier alpha value is -0.930. The van der Waals surface area contributed by atoms with Gasteiger partial charge in [0.15, 0.2) is 0 Å². The van der Waals surface area contributed by atoms with Crippen LogP contribution in [0.1, 0.15) is 26.0 Å². The van der Waals surface area contributed by atoms with Crippen molar-refractivity contribution in [3.63, 3.8) is 0 Å². The van der Waals surface area contributed by atoms with Gasteiger partial charge < -0.3 is 9.84 Å². The van der Waals surface area contributed by atoms with Gasteiger partial charge in [-0.25, -0.2) is 0 Å². The fourth-order valence-corrected chi connectivity index (χ4v) is 1.48. The first kappa shape index (κ1) is 12.1. The largest absolute Gasteiger partial charge is 0.393 e. The standard InChI is InChI=1S/C12H19NO2/c1-12(2,15-3)9-11(14)8-10-6-4-5-7-13-10/h4-7,11,14H,8-9H2,1-3H3. The van der Waals surface area contributed by atoms with Gasteiger partial charge in [0.1, 0.15) is 0 Å². The Labute approximate surface area is 91.1 Å². The van der Waals surface area contributed by atoms with E-state index in [2.05, 4.69) is 4.98 Å². The van der Waals surface area contributed by atoms with Gasteiger partial charge in [0.05, 0.1) is 11.7 Å². The number of hydrogen-bond donors (Lipinski definition) is 1. The Kier molecular flexibility index (Phi) is 4.24. The molecule has 0 amide bonds. The number of hydrogen-bond acceptors (Lipinski definition) is 3. The lowest BCUT2D eigenvalue weighted by atomic mass is 9.98. The van der Waals surface area contributed by atoms with E-state index in [1.54, 1.807) is 13.3 Å². The number of aliphatic hydroxyl groups excluding tert-OH is 1. The van der Waals surface area contributed by atoms with Crippen LogP contribution in [0.4, 0.5) is 0 Å². The fraction of sp³-hybridized carbons (Fsp3) is 0.583. The number of rotatable bonds is 5. The van der Waals surface area contributed by atoms with Crippen LogP contribution in [0.25, 0.3) is 0 Å². The smallest absolute Gasteiger partial charge is 0.0647 e. The van der Waals surface area contributed by atoms with E-state index in [-0.39, 0.29) is 5.60 Å². The van der Waals surface area contributed by atoms with Crippen molar-refractivity contribution in [2.45, 2.75) is 38.4 Å².